The summed E-state index contributed by atoms with van der Waals surface area (Å²) in [5, 5.41) is 0. The van der Waals surface area contributed by atoms with E-state index in [4.69, 9.17) is 0 Å². The topological polar surface area (TPSA) is 0 Å². The molecule has 5 unspecified atom stereocenters. The Balaban J connectivity index is 0. The molecule has 9 atom stereocenters. The smallest absolute Gasteiger partial charge is 0.0386 e. The summed E-state index contributed by atoms with van der Waals surface area (Å²) in [4.78, 5) is 0. The zero-order valence-electron chi connectivity index (χ0n) is 30.3. The molecule has 0 heteroatoms. The second-order valence-electron chi connectivity index (χ2n) is 16.5. The molecule has 0 spiro atoms. The maximum absolute atomic E-state index is 2.48. The molecule has 232 valence electrons. The highest BCUT2D eigenvalue weighted by molar-refractivity contribution is 4.78. The van der Waals surface area contributed by atoms with E-state index in [0.29, 0.717) is 0 Å². The van der Waals surface area contributed by atoms with E-state index in [1.165, 1.54) is 38.5 Å². The Hall–Kier alpha value is 0. The van der Waals surface area contributed by atoms with Gasteiger partial charge in [0, 0.05) is 0 Å². The van der Waals surface area contributed by atoms with Gasteiger partial charge in [0.15, 0.2) is 0 Å². The molecule has 0 amide bonds. The number of rotatable bonds is 18. The van der Waals surface area contributed by atoms with Crippen LogP contribution in [0.1, 0.15) is 163 Å². The Morgan fingerprint density at radius 3 is 0.605 bits per heavy atom. The summed E-state index contributed by atoms with van der Waals surface area (Å²) < 4.78 is 0. The molecule has 0 aliphatic rings. The molecule has 0 nitrogen and oxygen atoms in total. The molecule has 0 N–H and O–H groups in total. The van der Waals surface area contributed by atoms with Crippen molar-refractivity contribution in [2.45, 2.75) is 163 Å². The van der Waals surface area contributed by atoms with Crippen molar-refractivity contribution in [2.75, 3.05) is 0 Å². The summed E-state index contributed by atoms with van der Waals surface area (Å²) >= 11 is 0. The molecule has 0 aromatic rings. The van der Waals surface area contributed by atoms with Crippen LogP contribution in [0.4, 0.5) is 0 Å². The minimum absolute atomic E-state index is 0.805. The molecule has 0 fully saturated rings. The van der Waals surface area contributed by atoms with Gasteiger partial charge in [-0.25, -0.2) is 0 Å². The lowest BCUT2D eigenvalue weighted by atomic mass is 9.69. The van der Waals surface area contributed by atoms with Crippen LogP contribution in [0.15, 0.2) is 0 Å². The van der Waals surface area contributed by atoms with E-state index in [-0.39, 0.29) is 0 Å². The lowest BCUT2D eigenvalue weighted by molar-refractivity contribution is 0.126. The van der Waals surface area contributed by atoms with Gasteiger partial charge in [0.1, 0.15) is 0 Å². The second-order valence-corrected chi connectivity index (χ2v) is 16.5. The minimum Gasteiger partial charge on any atom is -0.0628 e. The Labute approximate surface area is 245 Å². The van der Waals surface area contributed by atoms with Crippen LogP contribution >= 0.6 is 0 Å². The van der Waals surface area contributed by atoms with Crippen molar-refractivity contribution in [3.63, 3.8) is 0 Å². The van der Waals surface area contributed by atoms with Gasteiger partial charge in [0.05, 0.1) is 0 Å². The Morgan fingerprint density at radius 2 is 0.421 bits per heavy atom. The predicted octanol–water partition coefficient (Wildman–Crippen LogP) is 13.3. The van der Waals surface area contributed by atoms with Crippen molar-refractivity contribution < 1.29 is 0 Å². The van der Waals surface area contributed by atoms with Gasteiger partial charge in [0.2, 0.25) is 0 Å². The van der Waals surface area contributed by atoms with E-state index in [9.17, 15) is 0 Å². The molecule has 0 aliphatic heterocycles. The van der Waals surface area contributed by atoms with Gasteiger partial charge in [0.25, 0.3) is 0 Å². The third-order valence-electron chi connectivity index (χ3n) is 10.4. The molecule has 0 saturated heterocycles. The van der Waals surface area contributed by atoms with Crippen LogP contribution in [0.25, 0.3) is 0 Å². The van der Waals surface area contributed by atoms with Gasteiger partial charge in [-0.05, 0) is 121 Å². The quantitative estimate of drug-likeness (QED) is 0.163. The van der Waals surface area contributed by atoms with Gasteiger partial charge in [-0.3, -0.25) is 0 Å². The standard InChI is InChI=1S/C22H46.C16H34/c1-16(2)10-18(5)12-20(7)14-22(9)15-21(8)13-19(6)11-17(3)4;1-10(2)12(5)14(7)16(9)15(8)13(6)11(3)4/h16-22H,10-15H2,1-9H3;10-16H,1-9H3/t18-,19+,20-,21+,22?;. The third kappa shape index (κ3) is 19.1. The van der Waals surface area contributed by atoms with E-state index < -0.39 is 0 Å². The molecule has 0 aromatic heterocycles. The zero-order chi connectivity index (χ0) is 30.3. The fourth-order valence-electron chi connectivity index (χ4n) is 7.49. The second kappa shape index (κ2) is 20.8. The molecular formula is C38H80. The van der Waals surface area contributed by atoms with Gasteiger partial charge in [-0.2, -0.15) is 0 Å². The lowest BCUT2D eigenvalue weighted by Crippen LogP contribution is -2.30. The summed E-state index contributed by atoms with van der Waals surface area (Å²) in [6.45, 7) is 43.3. The SMILES string of the molecule is CC(C)C(C)C(C)C(C)C(C)C(C)C(C)C.CC(C)C[C@@H](C)C[C@@H](C)CC(C)C[C@@H](C)C[C@@H](C)CC(C)C. The van der Waals surface area contributed by atoms with Crippen LogP contribution in [0, 0.1) is 82.9 Å². The average molecular weight is 537 g/mol. The molecule has 0 saturated carbocycles. The van der Waals surface area contributed by atoms with E-state index >= 15 is 0 Å². The first-order valence-electron chi connectivity index (χ1n) is 17.3. The van der Waals surface area contributed by atoms with E-state index in [1.54, 1.807) is 0 Å². The molecule has 0 aromatic carbocycles. The lowest BCUT2D eigenvalue weighted by Gasteiger charge is -2.36. The van der Waals surface area contributed by atoms with Crippen LogP contribution in [0.5, 0.6) is 0 Å². The normalized spacial score (nSPS) is 20.4. The summed E-state index contributed by atoms with van der Waals surface area (Å²) in [5.41, 5.74) is 0. The monoisotopic (exact) mass is 537 g/mol. The maximum atomic E-state index is 2.48. The van der Waals surface area contributed by atoms with Crippen molar-refractivity contribution in [1.29, 1.82) is 0 Å². The molecule has 0 heterocycles. The van der Waals surface area contributed by atoms with Crippen LogP contribution in [0.2, 0.25) is 0 Å². The largest absolute Gasteiger partial charge is 0.0628 e. The third-order valence-corrected chi connectivity index (χ3v) is 10.4. The predicted molar refractivity (Wildman–Crippen MR) is 179 cm³/mol. The highest BCUT2D eigenvalue weighted by atomic mass is 14.3. The molecule has 0 radical (unpaired) electrons. The van der Waals surface area contributed by atoms with Gasteiger partial charge in [-0.1, -0.05) is 125 Å². The van der Waals surface area contributed by atoms with E-state index in [2.05, 4.69) is 125 Å². The molecule has 0 rings (SSSR count). The van der Waals surface area contributed by atoms with Crippen molar-refractivity contribution in [3.8, 4) is 0 Å². The minimum atomic E-state index is 0.805. The molecular weight excluding hydrogens is 456 g/mol. The van der Waals surface area contributed by atoms with Gasteiger partial charge >= 0.3 is 0 Å². The maximum Gasteiger partial charge on any atom is -0.0386 e. The van der Waals surface area contributed by atoms with Crippen LogP contribution in [-0.4, -0.2) is 0 Å². The van der Waals surface area contributed by atoms with Crippen LogP contribution in [-0.2, 0) is 0 Å². The fraction of sp³-hybridized carbons (Fsp3) is 1.00. The highest BCUT2D eigenvalue weighted by Crippen LogP contribution is 2.36. The van der Waals surface area contributed by atoms with Gasteiger partial charge in [-0.15, -0.1) is 0 Å². The number of hydrogen-bond donors (Lipinski definition) is 0. The Kier molecular flexibility index (Phi) is 22.0. The molecule has 0 bridgehead atoms. The molecule has 0 aliphatic carbocycles. The number of hydrogen-bond acceptors (Lipinski definition) is 0. The first-order chi connectivity index (χ1) is 17.3. The molecule has 38 heavy (non-hydrogen) atoms. The van der Waals surface area contributed by atoms with Crippen molar-refractivity contribution in [3.05, 3.63) is 0 Å². The summed E-state index contributed by atoms with van der Waals surface area (Å²) in [7, 11) is 0. The van der Waals surface area contributed by atoms with Gasteiger partial charge < -0.3 is 0 Å². The first kappa shape index (κ1) is 40.1. The van der Waals surface area contributed by atoms with Crippen LogP contribution < -0.4 is 0 Å². The van der Waals surface area contributed by atoms with Crippen molar-refractivity contribution >= 4 is 0 Å². The summed E-state index contributed by atoms with van der Waals surface area (Å²) in [5.74, 6) is 11.9. The van der Waals surface area contributed by atoms with E-state index in [1.807, 2.05) is 0 Å². The van der Waals surface area contributed by atoms with Crippen molar-refractivity contribution in [1.82, 2.24) is 0 Å². The zero-order valence-corrected chi connectivity index (χ0v) is 30.3. The van der Waals surface area contributed by atoms with Crippen molar-refractivity contribution in [2.24, 2.45) is 82.9 Å². The van der Waals surface area contributed by atoms with Crippen LogP contribution in [0.3, 0.4) is 0 Å². The highest BCUT2D eigenvalue weighted by Gasteiger charge is 2.29. The Morgan fingerprint density at radius 1 is 0.237 bits per heavy atom. The first-order valence-corrected chi connectivity index (χ1v) is 17.3. The average Bonchev–Trinajstić information content (AvgIpc) is 2.74. The summed E-state index contributed by atoms with van der Waals surface area (Å²) in [6.07, 6.45) is 8.46. The fourth-order valence-corrected chi connectivity index (χ4v) is 7.49. The summed E-state index contributed by atoms with van der Waals surface area (Å²) in [6, 6.07) is 0. The van der Waals surface area contributed by atoms with E-state index in [0.717, 1.165) is 82.9 Å². The Bertz CT molecular complexity index is 482.